The molecule has 1 rings (SSSR count). The summed E-state index contributed by atoms with van der Waals surface area (Å²) in [6, 6.07) is -1.21. The lowest BCUT2D eigenvalue weighted by Crippen LogP contribution is -2.45. The van der Waals surface area contributed by atoms with Crippen LogP contribution in [0.2, 0.25) is 0 Å². The number of carbonyl (C=O) groups is 3. The van der Waals surface area contributed by atoms with Crippen LogP contribution in [0.5, 0.6) is 0 Å². The van der Waals surface area contributed by atoms with Crippen molar-refractivity contribution < 1.29 is 24.6 Å². The van der Waals surface area contributed by atoms with Crippen LogP contribution >= 0.6 is 0 Å². The zero-order valence-electron chi connectivity index (χ0n) is 11.1. The third-order valence-corrected chi connectivity index (χ3v) is 2.92. The smallest absolute Gasteiger partial charge is 0.326 e. The van der Waals surface area contributed by atoms with Crippen LogP contribution in [0.1, 0.15) is 27.2 Å². The molecule has 1 aliphatic rings. The second-order valence-corrected chi connectivity index (χ2v) is 4.25. The van der Waals surface area contributed by atoms with Gasteiger partial charge in [0.15, 0.2) is 0 Å². The Bertz CT molecular complexity index is 475. The van der Waals surface area contributed by atoms with Crippen molar-refractivity contribution in [1.29, 1.82) is 0 Å². The zero-order chi connectivity index (χ0) is 14.7. The summed E-state index contributed by atoms with van der Waals surface area (Å²) in [5.41, 5.74) is 0.00463. The summed E-state index contributed by atoms with van der Waals surface area (Å²) < 4.78 is 0. The van der Waals surface area contributed by atoms with E-state index >= 15 is 0 Å². The molecule has 0 radical (unpaired) electrons. The molecule has 0 aromatic rings. The van der Waals surface area contributed by atoms with Crippen LogP contribution in [-0.4, -0.2) is 45.0 Å². The summed E-state index contributed by atoms with van der Waals surface area (Å²) in [7, 11) is 0. The fourth-order valence-corrected chi connectivity index (χ4v) is 2.06. The molecule has 2 N–H and O–H groups in total. The first-order chi connectivity index (χ1) is 8.86. The number of rotatable bonds is 5. The molecule has 0 spiro atoms. The molecule has 0 aliphatic carbocycles. The van der Waals surface area contributed by atoms with Crippen molar-refractivity contribution in [2.45, 2.75) is 39.3 Å². The minimum absolute atomic E-state index is 0.0530. The predicted octanol–water partition coefficient (Wildman–Crippen LogP) is 0.472. The molecule has 2 amide bonds. The Morgan fingerprint density at radius 3 is 2.32 bits per heavy atom. The average Bonchev–Trinajstić information content (AvgIpc) is 2.55. The lowest BCUT2D eigenvalue weighted by atomic mass is 10.1. The van der Waals surface area contributed by atoms with Gasteiger partial charge in [-0.1, -0.05) is 19.1 Å². The van der Waals surface area contributed by atoms with Crippen LogP contribution in [0, 0.1) is 0 Å². The Labute approximate surface area is 111 Å². The molecule has 0 saturated carbocycles. The number of aliphatic hydroxyl groups is 1. The minimum atomic E-state index is -1.24. The first-order valence-corrected chi connectivity index (χ1v) is 6.02. The van der Waals surface area contributed by atoms with Crippen molar-refractivity contribution in [3.05, 3.63) is 23.3 Å². The van der Waals surface area contributed by atoms with Crippen molar-refractivity contribution in [3.63, 3.8) is 0 Å². The maximum absolute atomic E-state index is 12.1. The van der Waals surface area contributed by atoms with E-state index in [-0.39, 0.29) is 17.6 Å². The number of aliphatic hydroxyl groups excluding tert-OH is 1. The third kappa shape index (κ3) is 2.58. The maximum Gasteiger partial charge on any atom is 0.326 e. The predicted molar refractivity (Wildman–Crippen MR) is 67.1 cm³/mol. The third-order valence-electron chi connectivity index (χ3n) is 2.92. The summed E-state index contributed by atoms with van der Waals surface area (Å²) in [5, 5.41) is 18.7. The van der Waals surface area contributed by atoms with Gasteiger partial charge in [-0.15, -0.1) is 0 Å². The molecular formula is C13H17NO5. The molecule has 0 fully saturated rings. The fraction of sp³-hybridized carbons (Fsp3) is 0.462. The molecule has 6 heteroatoms. The lowest BCUT2D eigenvalue weighted by molar-refractivity contribution is -0.154. The highest BCUT2D eigenvalue weighted by Gasteiger charge is 2.44. The van der Waals surface area contributed by atoms with Gasteiger partial charge in [-0.2, -0.15) is 0 Å². The number of carboxylic acid groups (broad SMARTS) is 1. The first kappa shape index (κ1) is 15.1. The van der Waals surface area contributed by atoms with E-state index in [4.69, 9.17) is 5.11 Å². The standard InChI is InChI=1S/C13H17NO5/c1-4-6-8-10(7(3)15)12(17)14(11(8)16)9(5-2)13(18)19/h4,6-7,9,15H,5H2,1-3H3,(H,18,19)/b6-4-. The fourth-order valence-electron chi connectivity index (χ4n) is 2.06. The van der Waals surface area contributed by atoms with E-state index in [1.54, 1.807) is 19.9 Å². The zero-order valence-corrected chi connectivity index (χ0v) is 11.1. The Hall–Kier alpha value is -1.95. The second kappa shape index (κ2) is 5.79. The maximum atomic E-state index is 12.1. The van der Waals surface area contributed by atoms with Crippen LogP contribution in [0.15, 0.2) is 23.3 Å². The minimum Gasteiger partial charge on any atom is -0.480 e. The van der Waals surface area contributed by atoms with E-state index in [2.05, 4.69) is 0 Å². The van der Waals surface area contributed by atoms with E-state index < -0.39 is 29.9 Å². The van der Waals surface area contributed by atoms with Crippen LogP contribution in [0.25, 0.3) is 0 Å². The summed E-state index contributed by atoms with van der Waals surface area (Å²) in [4.78, 5) is 36.1. The number of carbonyl (C=O) groups excluding carboxylic acids is 2. The van der Waals surface area contributed by atoms with E-state index in [0.717, 1.165) is 0 Å². The highest BCUT2D eigenvalue weighted by Crippen LogP contribution is 2.27. The highest BCUT2D eigenvalue weighted by atomic mass is 16.4. The van der Waals surface area contributed by atoms with Gasteiger partial charge in [0.05, 0.1) is 17.3 Å². The Balaban J connectivity index is 3.29. The molecular weight excluding hydrogens is 250 g/mol. The SMILES string of the molecule is C/C=C\C1=C(C(C)O)C(=O)N(C(CC)C(=O)O)C1=O. The quantitative estimate of drug-likeness (QED) is 0.706. The molecule has 2 atom stereocenters. The van der Waals surface area contributed by atoms with E-state index in [0.29, 0.717) is 4.90 Å². The molecule has 2 unspecified atom stereocenters. The van der Waals surface area contributed by atoms with Gasteiger partial charge < -0.3 is 10.2 Å². The highest BCUT2D eigenvalue weighted by molar-refractivity contribution is 6.22. The van der Waals surface area contributed by atoms with Crippen LogP contribution < -0.4 is 0 Å². The number of aliphatic carboxylic acids is 1. The molecule has 1 heterocycles. The molecule has 19 heavy (non-hydrogen) atoms. The largest absolute Gasteiger partial charge is 0.480 e. The van der Waals surface area contributed by atoms with Gasteiger partial charge in [0.25, 0.3) is 11.8 Å². The molecule has 0 bridgehead atoms. The number of allylic oxidation sites excluding steroid dienone is 1. The molecule has 1 aliphatic heterocycles. The van der Waals surface area contributed by atoms with Crippen LogP contribution in [-0.2, 0) is 14.4 Å². The van der Waals surface area contributed by atoms with Crippen LogP contribution in [0.3, 0.4) is 0 Å². The molecule has 0 aromatic heterocycles. The summed E-state index contributed by atoms with van der Waals surface area (Å²) >= 11 is 0. The summed E-state index contributed by atoms with van der Waals surface area (Å²) in [5.74, 6) is -2.65. The number of nitrogens with zero attached hydrogens (tertiary/aromatic N) is 1. The van der Waals surface area contributed by atoms with Gasteiger partial charge in [0.2, 0.25) is 0 Å². The van der Waals surface area contributed by atoms with Gasteiger partial charge in [0.1, 0.15) is 6.04 Å². The van der Waals surface area contributed by atoms with E-state index in [9.17, 15) is 19.5 Å². The Morgan fingerprint density at radius 1 is 1.37 bits per heavy atom. The second-order valence-electron chi connectivity index (χ2n) is 4.25. The van der Waals surface area contributed by atoms with Gasteiger partial charge in [-0.25, -0.2) is 4.79 Å². The number of hydrogen-bond donors (Lipinski definition) is 2. The molecule has 0 saturated heterocycles. The van der Waals surface area contributed by atoms with Crippen LogP contribution in [0.4, 0.5) is 0 Å². The van der Waals surface area contributed by atoms with E-state index in [1.807, 2.05) is 0 Å². The number of amides is 2. The molecule has 0 aromatic carbocycles. The van der Waals surface area contributed by atoms with Crippen molar-refractivity contribution in [3.8, 4) is 0 Å². The Kier molecular flexibility index (Phi) is 4.61. The number of imide groups is 1. The average molecular weight is 267 g/mol. The lowest BCUT2D eigenvalue weighted by Gasteiger charge is -2.22. The first-order valence-electron chi connectivity index (χ1n) is 6.02. The Morgan fingerprint density at radius 2 is 1.95 bits per heavy atom. The topological polar surface area (TPSA) is 94.9 Å². The van der Waals surface area contributed by atoms with E-state index in [1.165, 1.54) is 13.0 Å². The van der Waals surface area contributed by atoms with Crippen molar-refractivity contribution in [2.75, 3.05) is 0 Å². The number of carboxylic acids is 1. The van der Waals surface area contributed by atoms with Gasteiger partial charge in [0, 0.05) is 0 Å². The van der Waals surface area contributed by atoms with Gasteiger partial charge in [-0.05, 0) is 20.3 Å². The van der Waals surface area contributed by atoms with Crippen molar-refractivity contribution in [1.82, 2.24) is 4.90 Å². The van der Waals surface area contributed by atoms with Crippen molar-refractivity contribution >= 4 is 17.8 Å². The number of hydrogen-bond acceptors (Lipinski definition) is 4. The molecule has 6 nitrogen and oxygen atoms in total. The normalized spacial score (nSPS) is 19.5. The summed E-state index contributed by atoms with van der Waals surface area (Å²) in [6.45, 7) is 4.62. The molecule has 104 valence electrons. The monoisotopic (exact) mass is 267 g/mol. The van der Waals surface area contributed by atoms with Gasteiger partial charge >= 0.3 is 5.97 Å². The van der Waals surface area contributed by atoms with Crippen molar-refractivity contribution in [2.24, 2.45) is 0 Å². The summed E-state index contributed by atoms with van der Waals surface area (Å²) in [6.07, 6.45) is 1.97. The van der Waals surface area contributed by atoms with Gasteiger partial charge in [-0.3, -0.25) is 14.5 Å².